The van der Waals surface area contributed by atoms with Crippen LogP contribution in [-0.2, 0) is 68.9 Å². The lowest BCUT2D eigenvalue weighted by molar-refractivity contribution is -0.808. The average molecular weight is 837 g/mol. The molecule has 3 aliphatic rings. The maximum absolute atomic E-state index is 13.8. The summed E-state index contributed by atoms with van der Waals surface area (Å²) in [5, 5.41) is 77.5. The van der Waals surface area contributed by atoms with Gasteiger partial charge in [-0.1, -0.05) is 39.8 Å². The largest absolute Gasteiger partial charge is 0.692 e. The Hall–Kier alpha value is -2.55. The fourth-order valence-electron chi connectivity index (χ4n) is 7.11. The minimum absolute atomic E-state index is 0.0158. The first-order valence-corrected chi connectivity index (χ1v) is 19.4. The molecule has 0 bridgehead atoms. The molecular weight excluding hydrogens is 778 g/mol. The fourth-order valence-corrected chi connectivity index (χ4v) is 7.11. The second kappa shape index (κ2) is 23.3. The van der Waals surface area contributed by atoms with E-state index < -0.39 is 86.0 Å². The van der Waals surface area contributed by atoms with Gasteiger partial charge in [0.2, 0.25) is 5.91 Å². The van der Waals surface area contributed by atoms with E-state index in [1.54, 1.807) is 31.6 Å². The van der Waals surface area contributed by atoms with Crippen LogP contribution in [0.4, 0.5) is 0 Å². The van der Waals surface area contributed by atoms with Crippen molar-refractivity contribution in [3.63, 3.8) is 0 Å². The van der Waals surface area contributed by atoms with E-state index in [4.69, 9.17) is 28.0 Å². The van der Waals surface area contributed by atoms with Crippen LogP contribution in [-0.4, -0.2) is 160 Å². The molecule has 22 heteroatoms. The van der Waals surface area contributed by atoms with E-state index in [0.29, 0.717) is 25.1 Å². The number of hydrogen-bond donors (Lipinski definition) is 6. The van der Waals surface area contributed by atoms with Crippen LogP contribution in [0.2, 0.25) is 0 Å². The SMILES string of the molecule is CC(C)N[C@@H](CCCn1cc(CO[C@@H]2OC(CO)[C@H](OO[O-])[C@H](O[C@@H]3OC(C)[C@@H](O)[C@H](O)C3O)C2C)nn1)C(=O)N1C[C@H](O)C[C@H]1C(=O)CCC(=O)C(C)C.O=S. The Labute approximate surface area is 336 Å². The number of carbonyl (C=O) groups is 3. The number of ether oxygens (including phenoxy) is 4. The summed E-state index contributed by atoms with van der Waals surface area (Å²) >= 11 is 2.83. The Bertz CT molecular complexity index is 1410. The summed E-state index contributed by atoms with van der Waals surface area (Å²) in [5.74, 6) is -1.48. The molecule has 3 aliphatic heterocycles. The van der Waals surface area contributed by atoms with Crippen molar-refractivity contribution < 1.29 is 78.3 Å². The van der Waals surface area contributed by atoms with Crippen molar-refractivity contribution in [2.24, 2.45) is 11.8 Å². The number of aliphatic hydroxyl groups is 5. The summed E-state index contributed by atoms with van der Waals surface area (Å²) in [6.45, 7) is 10.2. The number of likely N-dealkylation sites (tertiary alicyclic amines) is 1. The van der Waals surface area contributed by atoms with E-state index in [2.05, 4.69) is 33.2 Å². The van der Waals surface area contributed by atoms with Gasteiger partial charge in [0.15, 0.2) is 30.9 Å². The highest BCUT2D eigenvalue weighted by atomic mass is 32.1. The van der Waals surface area contributed by atoms with Crippen molar-refractivity contribution in [2.45, 2.75) is 166 Å². The Balaban J connectivity index is 0.00000428. The van der Waals surface area contributed by atoms with Gasteiger partial charge in [-0.2, -0.15) is 4.21 Å². The highest BCUT2D eigenvalue weighted by molar-refractivity contribution is 7.44. The number of hydrogen-bond acceptors (Lipinski definition) is 20. The molecule has 6 N–H and O–H groups in total. The van der Waals surface area contributed by atoms with E-state index in [1.807, 2.05) is 13.8 Å². The van der Waals surface area contributed by atoms with E-state index >= 15 is 0 Å². The fraction of sp³-hybridized carbons (Fsp3) is 0.857. The number of nitrogens with one attached hydrogen (secondary N) is 1. The predicted molar refractivity (Wildman–Crippen MR) is 193 cm³/mol. The zero-order valence-corrected chi connectivity index (χ0v) is 33.8. The third-order valence-corrected chi connectivity index (χ3v) is 10.3. The van der Waals surface area contributed by atoms with E-state index in [1.165, 1.54) is 11.8 Å². The first kappa shape index (κ1) is 48.8. The third-order valence-electron chi connectivity index (χ3n) is 10.3. The van der Waals surface area contributed by atoms with Crippen molar-refractivity contribution in [2.75, 3.05) is 13.2 Å². The smallest absolute Gasteiger partial charge is 0.240 e. The van der Waals surface area contributed by atoms with Gasteiger partial charge >= 0.3 is 0 Å². The zero-order chi connectivity index (χ0) is 42.6. The second-order valence-electron chi connectivity index (χ2n) is 15.3. The molecule has 326 valence electrons. The van der Waals surface area contributed by atoms with Crippen LogP contribution in [0.1, 0.15) is 79.3 Å². The summed E-state index contributed by atoms with van der Waals surface area (Å²) in [7, 11) is 0. The van der Waals surface area contributed by atoms with Crippen LogP contribution in [0, 0.1) is 11.8 Å². The van der Waals surface area contributed by atoms with Gasteiger partial charge in [0.25, 0.3) is 0 Å². The first-order chi connectivity index (χ1) is 27.1. The molecule has 0 aromatic carbocycles. The van der Waals surface area contributed by atoms with Gasteiger partial charge in [0.1, 0.15) is 48.1 Å². The van der Waals surface area contributed by atoms with Gasteiger partial charge in [-0.25, -0.2) is 4.89 Å². The lowest BCUT2D eigenvalue weighted by Gasteiger charge is -2.47. The highest BCUT2D eigenvalue weighted by Crippen LogP contribution is 2.34. The standard InChI is InChI=1S/C35H59N5O15.OS/c1-17(2)25(43)9-10-26(44)24-12-22(42)14-40(24)33(48)23(36-18(3)4)8-7-11-39-13-21(37-38-39)16-50-34-19(5)31(32(54-55-49)27(15-41)52-34)53-35-30(47)29(46)28(45)20(6)51-35;1-2/h13,17-20,22-24,27-32,34-36,41-42,45-47,49H,7-12,14-16H2,1-6H3;/p-1/t19?,20?,22-,23+,24+,27?,28-,29+,30?,31-,32+,34-,35+;/m1./s1. The quantitative estimate of drug-likeness (QED) is 0.0575. The number of β-amino-alcohol motifs (C(OH)–C–C–N with tert-alkyl or cyclic N) is 1. The molecule has 1 amide bonds. The molecule has 0 aliphatic carbocycles. The monoisotopic (exact) mass is 836 g/mol. The molecule has 3 fully saturated rings. The normalized spacial score (nSPS) is 32.3. The number of amides is 1. The summed E-state index contributed by atoms with van der Waals surface area (Å²) in [6.07, 6.45) is -9.66. The predicted octanol–water partition coefficient (Wildman–Crippen LogP) is -2.70. The van der Waals surface area contributed by atoms with Gasteiger partial charge in [-0.15, -0.1) is 5.10 Å². The lowest BCUT2D eigenvalue weighted by atomic mass is 9.91. The van der Waals surface area contributed by atoms with Gasteiger partial charge in [-0.3, -0.25) is 24.1 Å². The molecule has 4 unspecified atom stereocenters. The van der Waals surface area contributed by atoms with E-state index in [0.717, 1.165) is 0 Å². The van der Waals surface area contributed by atoms with Gasteiger partial charge < -0.3 is 60.0 Å². The topological polar surface area (TPSA) is 294 Å². The van der Waals surface area contributed by atoms with Gasteiger partial charge in [-0.05, 0) is 19.8 Å². The Morgan fingerprint density at radius 1 is 1.02 bits per heavy atom. The van der Waals surface area contributed by atoms with Crippen LogP contribution in [0.25, 0.3) is 0 Å². The molecule has 21 nitrogen and oxygen atoms in total. The summed E-state index contributed by atoms with van der Waals surface area (Å²) in [5.41, 5.74) is 0.420. The van der Waals surface area contributed by atoms with Crippen LogP contribution in [0.5, 0.6) is 0 Å². The first-order valence-electron chi connectivity index (χ1n) is 19.1. The van der Waals surface area contributed by atoms with Crippen LogP contribution in [0.3, 0.4) is 0 Å². The molecule has 1 aromatic rings. The Morgan fingerprint density at radius 3 is 2.35 bits per heavy atom. The van der Waals surface area contributed by atoms with Crippen molar-refractivity contribution in [3.8, 4) is 0 Å². The summed E-state index contributed by atoms with van der Waals surface area (Å²) < 4.78 is 32.8. The molecule has 0 saturated carbocycles. The molecule has 0 spiro atoms. The third kappa shape index (κ3) is 13.2. The molecule has 4 heterocycles. The zero-order valence-electron chi connectivity index (χ0n) is 33.0. The maximum Gasteiger partial charge on any atom is 0.240 e. The average Bonchev–Trinajstić information content (AvgIpc) is 3.81. The molecule has 1 aromatic heterocycles. The molecule has 57 heavy (non-hydrogen) atoms. The molecule has 13 atom stereocenters. The number of aryl methyl sites for hydroxylation is 1. The van der Waals surface area contributed by atoms with Crippen LogP contribution in [0.15, 0.2) is 6.20 Å². The van der Waals surface area contributed by atoms with E-state index in [-0.39, 0.29) is 61.8 Å². The van der Waals surface area contributed by atoms with Crippen LogP contribution < -0.4 is 10.6 Å². The minimum atomic E-state index is -1.65. The number of carbonyl (C=O) groups excluding carboxylic acids is 3. The van der Waals surface area contributed by atoms with Crippen molar-refractivity contribution in [3.05, 3.63) is 11.9 Å². The number of aromatic nitrogens is 3. The lowest BCUT2D eigenvalue weighted by Crippen LogP contribution is -2.62. The van der Waals surface area contributed by atoms with Gasteiger partial charge in [0.05, 0.1) is 43.7 Å². The number of aliphatic hydroxyl groups excluding tert-OH is 5. The number of Topliss-reactive ketones (excluding diaryl/α,β-unsaturated/α-hetero) is 2. The Morgan fingerprint density at radius 2 is 1.72 bits per heavy atom. The summed E-state index contributed by atoms with van der Waals surface area (Å²) in [4.78, 5) is 45.2. The van der Waals surface area contributed by atoms with Crippen molar-refractivity contribution >= 4 is 30.0 Å². The molecule has 0 radical (unpaired) electrons. The van der Waals surface area contributed by atoms with Crippen molar-refractivity contribution in [1.29, 1.82) is 0 Å². The number of rotatable bonds is 20. The Kier molecular flexibility index (Phi) is 19.9. The molecule has 3 saturated heterocycles. The van der Waals surface area contributed by atoms with Crippen molar-refractivity contribution in [1.82, 2.24) is 25.2 Å². The summed E-state index contributed by atoms with van der Waals surface area (Å²) in [6, 6.07) is -1.48. The van der Waals surface area contributed by atoms with E-state index in [9.17, 15) is 45.2 Å². The maximum atomic E-state index is 13.8. The second-order valence-corrected chi connectivity index (χ2v) is 15.3. The molecule has 4 rings (SSSR count). The minimum Gasteiger partial charge on any atom is -0.692 e. The number of nitrogens with zero attached hydrogens (tertiary/aromatic N) is 4. The highest BCUT2D eigenvalue weighted by Gasteiger charge is 2.51. The van der Waals surface area contributed by atoms with Crippen LogP contribution >= 0.6 is 0 Å². The van der Waals surface area contributed by atoms with Gasteiger partial charge in [0, 0.05) is 50.2 Å². The molecular formula is C35H58N5O16S-. The number of ketones is 2.